The summed E-state index contributed by atoms with van der Waals surface area (Å²) in [7, 11) is -2.86. The Labute approximate surface area is 426 Å². The Kier molecular flexibility index (Phi) is 24.6. The van der Waals surface area contributed by atoms with Gasteiger partial charge in [0.05, 0.1) is 39.1 Å². The molecule has 0 aliphatic rings. The van der Waals surface area contributed by atoms with Gasteiger partial charge in [-0.15, -0.1) is 0 Å². The minimum absolute atomic E-state index is 0.0155. The SMILES string of the molecule is CCN(CC(O)COc1ccc(C(C)(C)c2ccc(OCC(O)CN(CC(O)COc3ccc(C(C)(C)c4ccc(OCC(O)CO)cc4)cc3)CS(=O)(=O)O)cc2)cc1)C(C)COC(C)COCCOC. The molecule has 0 saturated heterocycles. The summed E-state index contributed by atoms with van der Waals surface area (Å²) in [5.74, 6) is 1.36. The molecule has 6 N–H and O–H groups in total. The van der Waals surface area contributed by atoms with Crippen LogP contribution in [0, 0.1) is 0 Å². The highest BCUT2D eigenvalue weighted by Gasteiger charge is 2.26. The number of hydrogen-bond donors (Lipinski definition) is 6. The third-order valence-corrected chi connectivity index (χ3v) is 13.1. The van der Waals surface area contributed by atoms with Gasteiger partial charge in [0.1, 0.15) is 79.7 Å². The van der Waals surface area contributed by atoms with Crippen LogP contribution in [0.2, 0.25) is 0 Å². The van der Waals surface area contributed by atoms with E-state index >= 15 is 0 Å². The summed E-state index contributed by atoms with van der Waals surface area (Å²) >= 11 is 0. The summed E-state index contributed by atoms with van der Waals surface area (Å²) in [6, 6.07) is 30.2. The maximum absolute atomic E-state index is 11.9. The van der Waals surface area contributed by atoms with Crippen LogP contribution in [-0.2, 0) is 35.2 Å². The van der Waals surface area contributed by atoms with Crippen LogP contribution >= 0.6 is 0 Å². The van der Waals surface area contributed by atoms with Crippen LogP contribution in [0.5, 0.6) is 23.0 Å². The fourth-order valence-electron chi connectivity index (χ4n) is 7.93. The molecule has 18 heteroatoms. The minimum Gasteiger partial charge on any atom is -0.491 e. The number of benzene rings is 4. The molecule has 0 bridgehead atoms. The van der Waals surface area contributed by atoms with E-state index in [-0.39, 0.29) is 58.3 Å². The lowest BCUT2D eigenvalue weighted by molar-refractivity contribution is -0.0397. The summed E-state index contributed by atoms with van der Waals surface area (Å²) in [6.07, 6.45) is -4.05. The van der Waals surface area contributed by atoms with Crippen LogP contribution in [0.15, 0.2) is 97.1 Å². The smallest absolute Gasteiger partial charge is 0.278 e. The van der Waals surface area contributed by atoms with E-state index in [1.807, 2.05) is 67.6 Å². The molecule has 6 unspecified atom stereocenters. The fourth-order valence-corrected chi connectivity index (χ4v) is 8.60. The number of likely N-dealkylation sites (N-methyl/N-ethyl adjacent to an activating group) is 1. The van der Waals surface area contributed by atoms with Gasteiger partial charge in [0.25, 0.3) is 10.1 Å². The molecule has 4 aromatic rings. The standard InChI is InChI=1S/C54H80N2O15S/c1-9-56(39(2)32-67-40(3)33-66-27-26-65-8)30-47(60)36-70-51-22-14-43(15-23-51)53(4,5)41-10-18-49(19-11-41)68-34-45(58)28-55(38-72(62,63)64)29-46(59)35-69-50-20-12-42(13-21-50)54(6,7)44-16-24-52(25-17-44)71-37-48(61)31-57/h10-25,39-40,45-48,57-61H,9,26-38H2,1-8H3,(H,62,63,64). The van der Waals surface area contributed by atoms with Gasteiger partial charge in [-0.2, -0.15) is 8.42 Å². The van der Waals surface area contributed by atoms with Crippen molar-refractivity contribution in [2.45, 2.75) is 95.9 Å². The lowest BCUT2D eigenvalue weighted by Gasteiger charge is -2.30. The molecule has 6 atom stereocenters. The first-order chi connectivity index (χ1) is 34.1. The normalized spacial score (nSPS) is 14.9. The molecular formula is C54H80N2O15S. The quantitative estimate of drug-likeness (QED) is 0.0266. The molecule has 0 amide bonds. The number of aliphatic hydroxyl groups excluding tert-OH is 5. The van der Waals surface area contributed by atoms with Crippen LogP contribution in [0.1, 0.15) is 70.7 Å². The van der Waals surface area contributed by atoms with E-state index in [9.17, 15) is 33.4 Å². The first-order valence-electron chi connectivity index (χ1n) is 24.5. The maximum atomic E-state index is 11.9. The van der Waals surface area contributed by atoms with E-state index in [2.05, 4.69) is 46.4 Å². The molecule has 0 fully saturated rings. The largest absolute Gasteiger partial charge is 0.491 e. The molecule has 72 heavy (non-hydrogen) atoms. The van der Waals surface area contributed by atoms with Crippen molar-refractivity contribution in [3.63, 3.8) is 0 Å². The highest BCUT2D eigenvalue weighted by Crippen LogP contribution is 2.35. The number of nitrogens with zero attached hydrogens (tertiary/aromatic N) is 2. The Morgan fingerprint density at radius 1 is 0.542 bits per heavy atom. The Balaban J connectivity index is 1.22. The molecular weight excluding hydrogens is 949 g/mol. The Morgan fingerprint density at radius 3 is 1.24 bits per heavy atom. The van der Waals surface area contributed by atoms with Gasteiger partial charge in [0, 0.05) is 43.6 Å². The Bertz CT molecular complexity index is 2230. The number of ether oxygens (including phenoxy) is 7. The third kappa shape index (κ3) is 20.5. The van der Waals surface area contributed by atoms with Crippen molar-refractivity contribution in [2.75, 3.05) is 98.6 Å². The van der Waals surface area contributed by atoms with E-state index < -0.39 is 51.2 Å². The molecule has 4 aromatic carbocycles. The second kappa shape index (κ2) is 29.5. The van der Waals surface area contributed by atoms with E-state index in [1.165, 1.54) is 4.90 Å². The molecule has 0 aromatic heterocycles. The van der Waals surface area contributed by atoms with Crippen LogP contribution in [0.4, 0.5) is 0 Å². The topological polar surface area (TPSA) is 227 Å². The van der Waals surface area contributed by atoms with Gasteiger partial charge < -0.3 is 58.7 Å². The van der Waals surface area contributed by atoms with Crippen LogP contribution in [0.25, 0.3) is 0 Å². The van der Waals surface area contributed by atoms with Crippen LogP contribution in [0.3, 0.4) is 0 Å². The van der Waals surface area contributed by atoms with E-state index in [0.717, 1.165) is 28.8 Å². The Morgan fingerprint density at radius 2 is 0.903 bits per heavy atom. The molecule has 0 saturated carbocycles. The predicted octanol–water partition coefficient (Wildman–Crippen LogP) is 4.92. The molecule has 0 aliphatic heterocycles. The van der Waals surface area contributed by atoms with Gasteiger partial charge in [-0.25, -0.2) is 0 Å². The van der Waals surface area contributed by atoms with Gasteiger partial charge >= 0.3 is 0 Å². The first kappa shape index (κ1) is 60.1. The van der Waals surface area contributed by atoms with Crippen molar-refractivity contribution in [3.8, 4) is 23.0 Å². The van der Waals surface area contributed by atoms with E-state index in [0.29, 0.717) is 56.0 Å². The predicted molar refractivity (Wildman–Crippen MR) is 276 cm³/mol. The van der Waals surface area contributed by atoms with Crippen molar-refractivity contribution in [3.05, 3.63) is 119 Å². The molecule has 0 aliphatic carbocycles. The fraction of sp³-hybridized carbons (Fsp3) is 0.556. The molecule has 0 spiro atoms. The zero-order valence-electron chi connectivity index (χ0n) is 43.3. The van der Waals surface area contributed by atoms with Crippen molar-refractivity contribution >= 4 is 10.1 Å². The van der Waals surface area contributed by atoms with Gasteiger partial charge in [0.2, 0.25) is 0 Å². The lowest BCUT2D eigenvalue weighted by atomic mass is 9.78. The van der Waals surface area contributed by atoms with Gasteiger partial charge in [0.15, 0.2) is 0 Å². The number of aliphatic hydroxyl groups is 5. The molecule has 4 rings (SSSR count). The van der Waals surface area contributed by atoms with Gasteiger partial charge in [-0.1, -0.05) is 83.1 Å². The second-order valence-electron chi connectivity index (χ2n) is 19.3. The van der Waals surface area contributed by atoms with Crippen molar-refractivity contribution in [2.24, 2.45) is 0 Å². The minimum atomic E-state index is -4.50. The van der Waals surface area contributed by atoms with Gasteiger partial charge in [-0.3, -0.25) is 14.4 Å². The first-order valence-corrected chi connectivity index (χ1v) is 26.1. The molecule has 402 valence electrons. The second-order valence-corrected chi connectivity index (χ2v) is 20.7. The summed E-state index contributed by atoms with van der Waals surface area (Å²) in [5.41, 5.74) is 3.26. The average Bonchev–Trinajstić information content (AvgIpc) is 3.35. The van der Waals surface area contributed by atoms with Crippen molar-refractivity contribution in [1.29, 1.82) is 0 Å². The average molecular weight is 1030 g/mol. The van der Waals surface area contributed by atoms with Crippen molar-refractivity contribution in [1.82, 2.24) is 9.80 Å². The zero-order valence-corrected chi connectivity index (χ0v) is 44.1. The molecule has 0 heterocycles. The van der Waals surface area contributed by atoms with Crippen molar-refractivity contribution < 1.29 is 71.7 Å². The Hall–Kier alpha value is -4.41. The zero-order chi connectivity index (χ0) is 52.9. The van der Waals surface area contributed by atoms with E-state index in [4.69, 9.17) is 38.3 Å². The summed E-state index contributed by atoms with van der Waals surface area (Å²) in [4.78, 5) is 3.38. The maximum Gasteiger partial charge on any atom is 0.278 e. The van der Waals surface area contributed by atoms with E-state index in [1.54, 1.807) is 43.5 Å². The van der Waals surface area contributed by atoms with Gasteiger partial charge in [-0.05, 0) is 91.2 Å². The third-order valence-electron chi connectivity index (χ3n) is 12.4. The summed E-state index contributed by atoms with van der Waals surface area (Å²) < 4.78 is 73.2. The monoisotopic (exact) mass is 1030 g/mol. The lowest BCUT2D eigenvalue weighted by Crippen LogP contribution is -2.43. The highest BCUT2D eigenvalue weighted by atomic mass is 32.2. The van der Waals surface area contributed by atoms with Crippen LogP contribution in [-0.4, -0.2) is 183 Å². The van der Waals surface area contributed by atoms with Crippen LogP contribution < -0.4 is 18.9 Å². The summed E-state index contributed by atoms with van der Waals surface area (Å²) in [5, 5.41) is 51.1. The number of hydrogen-bond acceptors (Lipinski definition) is 16. The summed E-state index contributed by atoms with van der Waals surface area (Å²) in [6.45, 7) is 16.6. The number of rotatable bonds is 35. The molecule has 17 nitrogen and oxygen atoms in total. The molecule has 0 radical (unpaired) electrons. The number of methoxy groups -OCH3 is 1. The highest BCUT2D eigenvalue weighted by molar-refractivity contribution is 7.85.